The summed E-state index contributed by atoms with van der Waals surface area (Å²) in [6, 6.07) is 5.28. The SMILES string of the molecule is C=CC(=O)N1C[C@H](C)N(c2nc(OCCN3CC[C@@H](C)C3)nc3c(F)c(-c4c(C)ccc5[nH]nc(N)c45)c(Cl)cc23)C[C@H]1C. The van der Waals surface area contributed by atoms with E-state index in [9.17, 15) is 4.79 Å². The van der Waals surface area contributed by atoms with Crippen LogP contribution in [0, 0.1) is 18.7 Å². The average molecular weight is 621 g/mol. The van der Waals surface area contributed by atoms with E-state index in [4.69, 9.17) is 27.1 Å². The van der Waals surface area contributed by atoms with Crippen LogP contribution < -0.4 is 15.4 Å². The number of aromatic amines is 1. The van der Waals surface area contributed by atoms with Crippen LogP contribution in [-0.4, -0.2) is 87.3 Å². The average Bonchev–Trinajstić information content (AvgIpc) is 3.59. The minimum Gasteiger partial charge on any atom is -0.462 e. The van der Waals surface area contributed by atoms with Crippen molar-refractivity contribution in [1.82, 2.24) is 30.0 Å². The molecule has 0 aliphatic carbocycles. The number of aryl methyl sites for hydroxylation is 1. The van der Waals surface area contributed by atoms with Gasteiger partial charge in [0.25, 0.3) is 0 Å². The molecule has 0 saturated carbocycles. The molecule has 0 radical (unpaired) electrons. The number of halogens is 2. The number of ether oxygens (including phenoxy) is 1. The lowest BCUT2D eigenvalue weighted by Crippen LogP contribution is -2.58. The van der Waals surface area contributed by atoms with E-state index in [-0.39, 0.29) is 45.9 Å². The molecule has 232 valence electrons. The summed E-state index contributed by atoms with van der Waals surface area (Å²) in [6.07, 6.45) is 2.49. The molecule has 10 nitrogen and oxygen atoms in total. The van der Waals surface area contributed by atoms with Crippen LogP contribution in [0.5, 0.6) is 6.01 Å². The van der Waals surface area contributed by atoms with Crippen LogP contribution in [0.2, 0.25) is 5.02 Å². The molecule has 2 aliphatic heterocycles. The molecule has 2 fully saturated rings. The minimum atomic E-state index is -0.591. The molecule has 0 bridgehead atoms. The van der Waals surface area contributed by atoms with Gasteiger partial charge in [0, 0.05) is 54.8 Å². The van der Waals surface area contributed by atoms with Gasteiger partial charge in [-0.25, -0.2) is 4.39 Å². The summed E-state index contributed by atoms with van der Waals surface area (Å²) in [5.74, 6) is 0.705. The molecule has 12 heteroatoms. The fourth-order valence-corrected chi connectivity index (χ4v) is 6.87. The Labute approximate surface area is 261 Å². The molecular weight excluding hydrogens is 583 g/mol. The van der Waals surface area contributed by atoms with Crippen molar-refractivity contribution >= 4 is 50.9 Å². The van der Waals surface area contributed by atoms with Crippen molar-refractivity contribution in [1.29, 1.82) is 0 Å². The Morgan fingerprint density at radius 1 is 1.20 bits per heavy atom. The molecular formula is C32H38ClFN8O2. The molecule has 4 aromatic rings. The molecule has 2 aromatic heterocycles. The number of piperazine rings is 1. The van der Waals surface area contributed by atoms with E-state index >= 15 is 4.39 Å². The molecule has 3 N–H and O–H groups in total. The van der Waals surface area contributed by atoms with E-state index in [0.717, 1.165) is 31.6 Å². The second-order valence-corrected chi connectivity index (χ2v) is 12.6. The molecule has 2 aromatic carbocycles. The van der Waals surface area contributed by atoms with Crippen LogP contribution in [0.3, 0.4) is 0 Å². The Kier molecular flexibility index (Phi) is 8.10. The lowest BCUT2D eigenvalue weighted by atomic mass is 9.94. The van der Waals surface area contributed by atoms with Crippen molar-refractivity contribution in [3.8, 4) is 17.1 Å². The Bertz CT molecular complexity index is 1760. The number of nitrogen functional groups attached to an aromatic ring is 1. The third kappa shape index (κ3) is 5.32. The number of amides is 1. The lowest BCUT2D eigenvalue weighted by molar-refractivity contribution is -0.128. The van der Waals surface area contributed by atoms with Gasteiger partial charge in [0.1, 0.15) is 17.9 Å². The monoisotopic (exact) mass is 620 g/mol. The molecule has 4 heterocycles. The number of fused-ring (bicyclic) bond motifs is 2. The van der Waals surface area contributed by atoms with Crippen LogP contribution in [0.1, 0.15) is 32.8 Å². The van der Waals surface area contributed by atoms with Crippen LogP contribution in [0.25, 0.3) is 32.9 Å². The van der Waals surface area contributed by atoms with Gasteiger partial charge in [-0.2, -0.15) is 15.1 Å². The van der Waals surface area contributed by atoms with Crippen molar-refractivity contribution in [3.63, 3.8) is 0 Å². The Hall–Kier alpha value is -3.96. The van der Waals surface area contributed by atoms with Crippen molar-refractivity contribution in [2.45, 2.75) is 46.2 Å². The van der Waals surface area contributed by atoms with E-state index in [0.29, 0.717) is 53.3 Å². The fraction of sp³-hybridized carbons (Fsp3) is 0.438. The van der Waals surface area contributed by atoms with Gasteiger partial charge in [0.2, 0.25) is 5.91 Å². The van der Waals surface area contributed by atoms with Gasteiger partial charge in [-0.15, -0.1) is 0 Å². The molecule has 2 saturated heterocycles. The summed E-state index contributed by atoms with van der Waals surface area (Å²) in [4.78, 5) is 28.2. The fourth-order valence-electron chi connectivity index (χ4n) is 6.58. The second-order valence-electron chi connectivity index (χ2n) is 12.2. The summed E-state index contributed by atoms with van der Waals surface area (Å²) in [5.41, 5.74) is 8.55. The maximum atomic E-state index is 16.9. The Morgan fingerprint density at radius 3 is 2.73 bits per heavy atom. The summed E-state index contributed by atoms with van der Waals surface area (Å²) in [5, 5.41) is 8.31. The molecule has 3 atom stereocenters. The Morgan fingerprint density at radius 2 is 2.00 bits per heavy atom. The van der Waals surface area contributed by atoms with E-state index in [1.165, 1.54) is 6.08 Å². The molecule has 2 aliphatic rings. The largest absolute Gasteiger partial charge is 0.462 e. The Balaban J connectivity index is 1.47. The number of benzene rings is 2. The van der Waals surface area contributed by atoms with Crippen LogP contribution in [-0.2, 0) is 4.79 Å². The van der Waals surface area contributed by atoms with E-state index in [1.807, 2.05) is 32.9 Å². The summed E-state index contributed by atoms with van der Waals surface area (Å²) in [7, 11) is 0. The first kappa shape index (κ1) is 30.1. The quantitative estimate of drug-likeness (QED) is 0.271. The van der Waals surface area contributed by atoms with E-state index < -0.39 is 5.82 Å². The summed E-state index contributed by atoms with van der Waals surface area (Å²) in [6.45, 7) is 15.8. The van der Waals surface area contributed by atoms with Gasteiger partial charge in [0.05, 0.1) is 15.9 Å². The van der Waals surface area contributed by atoms with Gasteiger partial charge in [0.15, 0.2) is 11.6 Å². The standard InChI is InChI=1S/C32H38ClFN8O2/c1-6-24(43)41-15-20(5)42(16-19(41)4)31-21-13-22(33)26(25-18(3)7-8-23-27(25)30(35)39-38-23)28(34)29(21)36-32(37-31)44-12-11-40-10-9-17(2)14-40/h6-8,13,17,19-20H,1,9-12,14-16H2,2-5H3,(H3,35,38,39)/t17-,19-,20+/m1/s1. The van der Waals surface area contributed by atoms with Crippen molar-refractivity contribution < 1.29 is 13.9 Å². The number of carbonyl (C=O) groups is 1. The molecule has 0 unspecified atom stereocenters. The molecule has 44 heavy (non-hydrogen) atoms. The third-order valence-electron chi connectivity index (χ3n) is 8.92. The maximum absolute atomic E-state index is 16.9. The van der Waals surface area contributed by atoms with Gasteiger partial charge in [-0.1, -0.05) is 31.2 Å². The van der Waals surface area contributed by atoms with Gasteiger partial charge in [-0.05, 0) is 63.4 Å². The number of nitrogens with one attached hydrogen (secondary N) is 1. The second kappa shape index (κ2) is 11.9. The highest BCUT2D eigenvalue weighted by Crippen LogP contribution is 2.44. The molecule has 6 rings (SSSR count). The number of likely N-dealkylation sites (tertiary alicyclic amines) is 1. The number of hydrogen-bond donors (Lipinski definition) is 2. The number of H-pyrrole nitrogens is 1. The first-order valence-electron chi connectivity index (χ1n) is 15.0. The predicted octanol–water partition coefficient (Wildman–Crippen LogP) is 5.19. The van der Waals surface area contributed by atoms with Crippen LogP contribution >= 0.6 is 11.6 Å². The normalized spacial score (nSPS) is 21.0. The topological polar surface area (TPSA) is 116 Å². The first-order chi connectivity index (χ1) is 21.1. The van der Waals surface area contributed by atoms with Crippen molar-refractivity contribution in [2.75, 3.05) is 50.0 Å². The van der Waals surface area contributed by atoms with Crippen molar-refractivity contribution in [3.05, 3.63) is 47.3 Å². The van der Waals surface area contributed by atoms with E-state index in [1.54, 1.807) is 11.0 Å². The summed E-state index contributed by atoms with van der Waals surface area (Å²) < 4.78 is 23.0. The first-order valence-corrected chi connectivity index (χ1v) is 15.4. The number of hydrogen-bond acceptors (Lipinski definition) is 8. The zero-order valence-electron chi connectivity index (χ0n) is 25.5. The zero-order chi connectivity index (χ0) is 31.3. The number of nitrogens with zero attached hydrogens (tertiary/aromatic N) is 6. The number of nitrogens with two attached hydrogens (primary N) is 1. The highest BCUT2D eigenvalue weighted by Gasteiger charge is 2.34. The molecule has 1 amide bonds. The smallest absolute Gasteiger partial charge is 0.319 e. The van der Waals surface area contributed by atoms with Gasteiger partial charge < -0.3 is 20.3 Å². The highest BCUT2D eigenvalue weighted by atomic mass is 35.5. The number of aromatic nitrogens is 4. The molecule has 0 spiro atoms. The number of carbonyl (C=O) groups excluding carboxylic acids is 1. The summed E-state index contributed by atoms with van der Waals surface area (Å²) >= 11 is 6.92. The third-order valence-corrected chi connectivity index (χ3v) is 9.22. The van der Waals surface area contributed by atoms with Crippen LogP contribution in [0.4, 0.5) is 16.0 Å². The van der Waals surface area contributed by atoms with Gasteiger partial charge in [-0.3, -0.25) is 14.8 Å². The van der Waals surface area contributed by atoms with Crippen LogP contribution in [0.15, 0.2) is 30.9 Å². The zero-order valence-corrected chi connectivity index (χ0v) is 26.3. The minimum absolute atomic E-state index is 0.0918. The lowest BCUT2D eigenvalue weighted by Gasteiger charge is -2.44. The number of rotatable bonds is 7. The van der Waals surface area contributed by atoms with Gasteiger partial charge >= 0.3 is 6.01 Å². The van der Waals surface area contributed by atoms with E-state index in [2.05, 4.69) is 38.5 Å². The van der Waals surface area contributed by atoms with Crippen molar-refractivity contribution in [2.24, 2.45) is 5.92 Å². The predicted molar refractivity (Wildman–Crippen MR) is 173 cm³/mol. The number of anilines is 2. The maximum Gasteiger partial charge on any atom is 0.319 e. The highest BCUT2D eigenvalue weighted by molar-refractivity contribution is 6.35.